The normalized spacial score (nSPS) is 11.6. The van der Waals surface area contributed by atoms with Crippen molar-refractivity contribution in [2.24, 2.45) is 12.8 Å². The van der Waals surface area contributed by atoms with Gasteiger partial charge in [-0.2, -0.15) is 0 Å². The van der Waals surface area contributed by atoms with E-state index in [0.717, 1.165) is 5.82 Å². The van der Waals surface area contributed by atoms with Crippen molar-refractivity contribution < 1.29 is 9.53 Å². The number of esters is 1. The second-order valence-electron chi connectivity index (χ2n) is 2.79. The third-order valence-corrected chi connectivity index (χ3v) is 1.83. The van der Waals surface area contributed by atoms with E-state index in [4.69, 9.17) is 5.73 Å². The van der Waals surface area contributed by atoms with Crippen LogP contribution in [0.2, 0.25) is 0 Å². The van der Waals surface area contributed by atoms with Gasteiger partial charge >= 0.3 is 5.97 Å². The molecule has 0 amide bonds. The number of methoxy groups -OCH3 is 1. The number of aromatic nitrogens is 2. The first-order valence-electron chi connectivity index (χ1n) is 3.94. The van der Waals surface area contributed by atoms with Crippen LogP contribution in [0.4, 0.5) is 0 Å². The van der Waals surface area contributed by atoms with Crippen LogP contribution in [0.25, 0.3) is 0 Å². The molecule has 1 aromatic rings. The Kier molecular flexibility index (Phi) is 5.19. The first kappa shape index (κ1) is 12.9. The fraction of sp³-hybridized carbons (Fsp3) is 0.500. The number of carbonyl (C=O) groups is 1. The lowest BCUT2D eigenvalue weighted by molar-refractivity contribution is -0.142. The van der Waals surface area contributed by atoms with E-state index in [0.29, 0.717) is 6.42 Å². The van der Waals surface area contributed by atoms with Gasteiger partial charge < -0.3 is 15.0 Å². The molecular formula is C8H14ClN3O2. The Morgan fingerprint density at radius 1 is 1.79 bits per heavy atom. The molecule has 5 nitrogen and oxygen atoms in total. The maximum Gasteiger partial charge on any atom is 0.323 e. The number of nitrogens with zero attached hydrogens (tertiary/aromatic N) is 2. The Hall–Kier alpha value is -1.07. The lowest BCUT2D eigenvalue weighted by atomic mass is 10.2. The number of nitrogens with two attached hydrogens (primary N) is 1. The van der Waals surface area contributed by atoms with Gasteiger partial charge in [0.1, 0.15) is 11.9 Å². The molecular weight excluding hydrogens is 206 g/mol. The molecule has 2 N–H and O–H groups in total. The minimum Gasteiger partial charge on any atom is -0.468 e. The topological polar surface area (TPSA) is 70.1 Å². The zero-order valence-corrected chi connectivity index (χ0v) is 8.95. The summed E-state index contributed by atoms with van der Waals surface area (Å²) in [6, 6.07) is -0.633. The smallest absolute Gasteiger partial charge is 0.323 e. The molecule has 1 atom stereocenters. The molecule has 0 radical (unpaired) electrons. The molecule has 0 saturated carbocycles. The SMILES string of the molecule is COC(=O)C(N)Cc1nccn1C.Cl. The molecule has 0 saturated heterocycles. The van der Waals surface area contributed by atoms with Crippen molar-refractivity contribution in [1.29, 1.82) is 0 Å². The third-order valence-electron chi connectivity index (χ3n) is 1.83. The largest absolute Gasteiger partial charge is 0.468 e. The summed E-state index contributed by atoms with van der Waals surface area (Å²) in [5, 5.41) is 0. The maximum absolute atomic E-state index is 11.0. The number of hydrogen-bond acceptors (Lipinski definition) is 4. The standard InChI is InChI=1S/C8H13N3O2.ClH/c1-11-4-3-10-7(11)5-6(9)8(12)13-2;/h3-4,6H,5,9H2,1-2H3;1H. The van der Waals surface area contributed by atoms with E-state index in [-0.39, 0.29) is 12.4 Å². The monoisotopic (exact) mass is 219 g/mol. The second kappa shape index (κ2) is 5.62. The zero-order chi connectivity index (χ0) is 9.84. The van der Waals surface area contributed by atoms with Crippen LogP contribution in [0.15, 0.2) is 12.4 Å². The highest BCUT2D eigenvalue weighted by Crippen LogP contribution is 1.99. The van der Waals surface area contributed by atoms with Gasteiger partial charge in [-0.15, -0.1) is 12.4 Å². The van der Waals surface area contributed by atoms with Crippen molar-refractivity contribution in [3.8, 4) is 0 Å². The molecule has 6 heteroatoms. The zero-order valence-electron chi connectivity index (χ0n) is 8.14. The molecule has 1 aromatic heterocycles. The summed E-state index contributed by atoms with van der Waals surface area (Å²) in [5.41, 5.74) is 5.56. The second-order valence-corrected chi connectivity index (χ2v) is 2.79. The average molecular weight is 220 g/mol. The van der Waals surface area contributed by atoms with E-state index >= 15 is 0 Å². The van der Waals surface area contributed by atoms with Crippen LogP contribution < -0.4 is 5.73 Å². The molecule has 0 aliphatic carbocycles. The van der Waals surface area contributed by atoms with E-state index in [9.17, 15) is 4.79 Å². The summed E-state index contributed by atoms with van der Waals surface area (Å²) in [6.07, 6.45) is 3.87. The number of halogens is 1. The molecule has 0 aliphatic heterocycles. The number of rotatable bonds is 3. The predicted molar refractivity (Wildman–Crippen MR) is 54.2 cm³/mol. The number of ether oxygens (including phenoxy) is 1. The van der Waals surface area contributed by atoms with Crippen molar-refractivity contribution in [3.63, 3.8) is 0 Å². The van der Waals surface area contributed by atoms with E-state index < -0.39 is 12.0 Å². The summed E-state index contributed by atoms with van der Waals surface area (Å²) < 4.78 is 6.32. The molecule has 14 heavy (non-hydrogen) atoms. The highest BCUT2D eigenvalue weighted by atomic mass is 35.5. The van der Waals surface area contributed by atoms with Crippen molar-refractivity contribution in [2.45, 2.75) is 12.5 Å². The average Bonchev–Trinajstić information content (AvgIpc) is 2.50. The maximum atomic E-state index is 11.0. The quantitative estimate of drug-likeness (QED) is 0.720. The Labute approximate surface area is 88.7 Å². The van der Waals surface area contributed by atoms with Crippen LogP contribution in [0.3, 0.4) is 0 Å². The fourth-order valence-corrected chi connectivity index (χ4v) is 1.02. The predicted octanol–water partition coefficient (Wildman–Crippen LogP) is -0.115. The van der Waals surface area contributed by atoms with E-state index in [1.54, 1.807) is 12.4 Å². The summed E-state index contributed by atoms with van der Waals surface area (Å²) in [4.78, 5) is 15.0. The number of hydrogen-bond donors (Lipinski definition) is 1. The van der Waals surface area contributed by atoms with Gasteiger partial charge in [0.05, 0.1) is 7.11 Å². The van der Waals surface area contributed by atoms with Gasteiger partial charge in [-0.1, -0.05) is 0 Å². The van der Waals surface area contributed by atoms with Gasteiger partial charge in [0.25, 0.3) is 0 Å². The van der Waals surface area contributed by atoms with Crippen molar-refractivity contribution in [1.82, 2.24) is 9.55 Å². The lowest BCUT2D eigenvalue weighted by Gasteiger charge is -2.08. The summed E-state index contributed by atoms with van der Waals surface area (Å²) in [6.45, 7) is 0. The minimum absolute atomic E-state index is 0. The molecule has 0 aliphatic rings. The Bertz CT molecular complexity index is 301. The van der Waals surface area contributed by atoms with Gasteiger partial charge in [0, 0.05) is 25.9 Å². The first-order chi connectivity index (χ1) is 6.15. The molecule has 0 spiro atoms. The fourth-order valence-electron chi connectivity index (χ4n) is 1.02. The molecule has 0 fully saturated rings. The Morgan fingerprint density at radius 2 is 2.43 bits per heavy atom. The van der Waals surface area contributed by atoms with Gasteiger partial charge in [0.15, 0.2) is 0 Å². The van der Waals surface area contributed by atoms with Crippen molar-refractivity contribution in [3.05, 3.63) is 18.2 Å². The van der Waals surface area contributed by atoms with Crippen molar-refractivity contribution >= 4 is 18.4 Å². The van der Waals surface area contributed by atoms with E-state index in [1.807, 2.05) is 11.6 Å². The summed E-state index contributed by atoms with van der Waals surface area (Å²) in [5.74, 6) is 0.362. The van der Waals surface area contributed by atoms with Crippen LogP contribution in [-0.2, 0) is 23.0 Å². The van der Waals surface area contributed by atoms with Crippen LogP contribution in [-0.4, -0.2) is 28.7 Å². The Balaban J connectivity index is 0.00000169. The lowest BCUT2D eigenvalue weighted by Crippen LogP contribution is -2.34. The first-order valence-corrected chi connectivity index (χ1v) is 3.94. The molecule has 80 valence electrons. The van der Waals surface area contributed by atoms with Crippen molar-refractivity contribution in [2.75, 3.05) is 7.11 Å². The van der Waals surface area contributed by atoms with E-state index in [2.05, 4.69) is 9.72 Å². The molecule has 1 unspecified atom stereocenters. The van der Waals surface area contributed by atoms with Crippen LogP contribution >= 0.6 is 12.4 Å². The Morgan fingerprint density at radius 3 is 2.86 bits per heavy atom. The molecule has 0 aromatic carbocycles. The minimum atomic E-state index is -0.633. The summed E-state index contributed by atoms with van der Waals surface area (Å²) in [7, 11) is 3.17. The van der Waals surface area contributed by atoms with Gasteiger partial charge in [0.2, 0.25) is 0 Å². The number of carbonyl (C=O) groups excluding carboxylic acids is 1. The highest BCUT2D eigenvalue weighted by Gasteiger charge is 2.15. The van der Waals surface area contributed by atoms with Gasteiger partial charge in [-0.3, -0.25) is 4.79 Å². The van der Waals surface area contributed by atoms with Gasteiger partial charge in [-0.25, -0.2) is 4.98 Å². The molecule has 1 heterocycles. The van der Waals surface area contributed by atoms with E-state index in [1.165, 1.54) is 7.11 Å². The summed E-state index contributed by atoms with van der Waals surface area (Å²) >= 11 is 0. The van der Waals surface area contributed by atoms with Gasteiger partial charge in [-0.05, 0) is 0 Å². The van der Waals surface area contributed by atoms with Crippen LogP contribution in [0, 0.1) is 0 Å². The molecule has 1 rings (SSSR count). The van der Waals surface area contributed by atoms with Crippen LogP contribution in [0.1, 0.15) is 5.82 Å². The number of aryl methyl sites for hydroxylation is 1. The molecule has 0 bridgehead atoms. The number of imidazole rings is 1. The highest BCUT2D eigenvalue weighted by molar-refractivity contribution is 5.85. The van der Waals surface area contributed by atoms with Crippen LogP contribution in [0.5, 0.6) is 0 Å². The third kappa shape index (κ3) is 3.01.